The summed E-state index contributed by atoms with van der Waals surface area (Å²) in [7, 11) is 0. The summed E-state index contributed by atoms with van der Waals surface area (Å²) < 4.78 is 1.98. The highest BCUT2D eigenvalue weighted by molar-refractivity contribution is 5.81. The van der Waals surface area contributed by atoms with Gasteiger partial charge in [0.2, 0.25) is 0 Å². The maximum absolute atomic E-state index is 8.12. The Morgan fingerprint density at radius 2 is 1.96 bits per heavy atom. The van der Waals surface area contributed by atoms with Crippen LogP contribution in [-0.4, -0.2) is 30.7 Å². The van der Waals surface area contributed by atoms with Crippen LogP contribution in [0.1, 0.15) is 30.4 Å². The number of nitrogens with two attached hydrogens (primary N) is 1. The van der Waals surface area contributed by atoms with Crippen LogP contribution in [0.15, 0.2) is 24.7 Å². The molecule has 3 rings (SSSR count). The summed E-state index contributed by atoms with van der Waals surface area (Å²) in [6.45, 7) is 4.74. The second-order valence-electron chi connectivity index (χ2n) is 5.21. The zero-order valence-corrected chi connectivity index (χ0v) is 13.6. The summed E-state index contributed by atoms with van der Waals surface area (Å²) in [5, 5.41) is 0. The van der Waals surface area contributed by atoms with Crippen molar-refractivity contribution >= 4 is 23.1 Å². The molecule has 0 aliphatic carbocycles. The molecule has 3 aromatic rings. The highest BCUT2D eigenvalue weighted by Crippen LogP contribution is 2.18. The highest BCUT2D eigenvalue weighted by atomic mass is 16.2. The Hall–Kier alpha value is -3.12. The fourth-order valence-corrected chi connectivity index (χ4v) is 2.25. The molecule has 0 aromatic carbocycles. The maximum atomic E-state index is 8.12. The standard InChI is InChI=1S/C15H18N6.CO2/c1-3-4-12-19-14(16)13-15(20-12)21(9-18-13)8-11-6-5-10(2)17-7-11;2-1-3/h5-7,9H,3-4,8H2,1-2H3,(H2,16,19,20);. The van der Waals surface area contributed by atoms with Gasteiger partial charge in [0.1, 0.15) is 11.3 Å². The first-order valence-corrected chi connectivity index (χ1v) is 7.47. The smallest absolute Gasteiger partial charge is 0.373 e. The molecule has 8 nitrogen and oxygen atoms in total. The summed E-state index contributed by atoms with van der Waals surface area (Å²) >= 11 is 0. The van der Waals surface area contributed by atoms with Crippen molar-refractivity contribution in [2.75, 3.05) is 5.73 Å². The van der Waals surface area contributed by atoms with Crippen LogP contribution in [0.3, 0.4) is 0 Å². The van der Waals surface area contributed by atoms with Crippen LogP contribution >= 0.6 is 0 Å². The summed E-state index contributed by atoms with van der Waals surface area (Å²) in [6.07, 6.45) is 5.68. The van der Waals surface area contributed by atoms with Gasteiger partial charge in [-0.15, -0.1) is 0 Å². The number of rotatable bonds is 4. The lowest BCUT2D eigenvalue weighted by atomic mass is 10.2. The first-order chi connectivity index (χ1) is 11.6. The summed E-state index contributed by atoms with van der Waals surface area (Å²) in [6, 6.07) is 4.06. The van der Waals surface area contributed by atoms with Gasteiger partial charge >= 0.3 is 6.15 Å². The van der Waals surface area contributed by atoms with Gasteiger partial charge in [-0.1, -0.05) is 13.0 Å². The predicted octanol–water partition coefficient (Wildman–Crippen LogP) is 1.53. The predicted molar refractivity (Wildman–Crippen MR) is 86.8 cm³/mol. The van der Waals surface area contributed by atoms with Crippen LogP contribution in [-0.2, 0) is 22.6 Å². The quantitative estimate of drug-likeness (QED) is 0.772. The van der Waals surface area contributed by atoms with Crippen molar-refractivity contribution in [2.24, 2.45) is 0 Å². The Morgan fingerprint density at radius 1 is 1.21 bits per heavy atom. The van der Waals surface area contributed by atoms with Crippen LogP contribution < -0.4 is 5.73 Å². The zero-order chi connectivity index (χ0) is 17.5. The van der Waals surface area contributed by atoms with Crippen molar-refractivity contribution in [3.8, 4) is 0 Å². The van der Waals surface area contributed by atoms with Crippen LogP contribution in [0.4, 0.5) is 5.82 Å². The number of hydrogen-bond donors (Lipinski definition) is 1. The lowest BCUT2D eigenvalue weighted by Gasteiger charge is -2.06. The summed E-state index contributed by atoms with van der Waals surface area (Å²) in [4.78, 5) is 33.8. The SMILES string of the molecule is CCCc1nc(N)c2ncn(Cc3ccc(C)nc3)c2n1.O=C=O. The monoisotopic (exact) mass is 326 g/mol. The Kier molecular flexibility index (Phi) is 5.70. The van der Waals surface area contributed by atoms with Crippen molar-refractivity contribution in [3.05, 3.63) is 41.7 Å². The normalized spacial score (nSPS) is 10.1. The number of hydrogen-bond acceptors (Lipinski definition) is 7. The minimum atomic E-state index is 0.250. The van der Waals surface area contributed by atoms with E-state index in [-0.39, 0.29) is 6.15 Å². The van der Waals surface area contributed by atoms with Gasteiger partial charge < -0.3 is 10.3 Å². The van der Waals surface area contributed by atoms with Gasteiger partial charge in [-0.05, 0) is 25.0 Å². The number of fused-ring (bicyclic) bond motifs is 1. The van der Waals surface area contributed by atoms with Crippen LogP contribution in [0.5, 0.6) is 0 Å². The van der Waals surface area contributed by atoms with Gasteiger partial charge in [-0.25, -0.2) is 15.0 Å². The molecule has 8 heteroatoms. The van der Waals surface area contributed by atoms with Crippen molar-refractivity contribution in [1.29, 1.82) is 0 Å². The largest absolute Gasteiger partial charge is 0.382 e. The van der Waals surface area contributed by atoms with Crippen molar-refractivity contribution in [1.82, 2.24) is 24.5 Å². The molecule has 0 aliphatic rings. The summed E-state index contributed by atoms with van der Waals surface area (Å²) in [5.41, 5.74) is 9.53. The second kappa shape index (κ2) is 7.94. The van der Waals surface area contributed by atoms with Gasteiger partial charge in [0, 0.05) is 18.3 Å². The number of aromatic nitrogens is 5. The number of anilines is 1. The Bertz CT molecular complexity index is 851. The molecule has 0 saturated heterocycles. The molecule has 3 heterocycles. The third kappa shape index (κ3) is 3.99. The topological polar surface area (TPSA) is 117 Å². The van der Waals surface area contributed by atoms with Gasteiger partial charge in [0.15, 0.2) is 11.5 Å². The fraction of sp³-hybridized carbons (Fsp3) is 0.312. The Labute approximate surface area is 138 Å². The molecule has 0 aliphatic heterocycles. The van der Waals surface area contributed by atoms with Gasteiger partial charge in [0.25, 0.3) is 0 Å². The third-order valence-electron chi connectivity index (χ3n) is 3.34. The van der Waals surface area contributed by atoms with Crippen LogP contribution in [0, 0.1) is 6.92 Å². The molecule has 3 aromatic heterocycles. The molecule has 0 saturated carbocycles. The summed E-state index contributed by atoms with van der Waals surface area (Å²) in [5.74, 6) is 1.22. The molecule has 24 heavy (non-hydrogen) atoms. The molecule has 0 fully saturated rings. The number of nitrogen functional groups attached to an aromatic ring is 1. The number of carbonyl (C=O) groups excluding carboxylic acids is 2. The van der Waals surface area contributed by atoms with Gasteiger partial charge in [-0.3, -0.25) is 4.98 Å². The number of aryl methyl sites for hydroxylation is 2. The van der Waals surface area contributed by atoms with E-state index in [0.717, 1.165) is 35.6 Å². The number of imidazole rings is 1. The molecule has 2 N–H and O–H groups in total. The maximum Gasteiger partial charge on any atom is 0.373 e. The zero-order valence-electron chi connectivity index (χ0n) is 13.6. The molecule has 0 atom stereocenters. The average molecular weight is 326 g/mol. The lowest BCUT2D eigenvalue weighted by molar-refractivity contribution is -0.191. The van der Waals surface area contributed by atoms with Gasteiger partial charge in [0.05, 0.1) is 12.9 Å². The highest BCUT2D eigenvalue weighted by Gasteiger charge is 2.11. The Morgan fingerprint density at radius 3 is 2.58 bits per heavy atom. The average Bonchev–Trinajstić information content (AvgIpc) is 2.94. The molecule has 0 amide bonds. The number of pyridine rings is 1. The number of nitrogens with zero attached hydrogens (tertiary/aromatic N) is 5. The minimum absolute atomic E-state index is 0.250. The van der Waals surface area contributed by atoms with Crippen LogP contribution in [0.2, 0.25) is 0 Å². The van der Waals surface area contributed by atoms with Crippen molar-refractivity contribution in [3.63, 3.8) is 0 Å². The molecule has 124 valence electrons. The van der Waals surface area contributed by atoms with Gasteiger partial charge in [-0.2, -0.15) is 9.59 Å². The van der Waals surface area contributed by atoms with E-state index in [2.05, 4.69) is 32.9 Å². The molecule has 0 spiro atoms. The van der Waals surface area contributed by atoms with E-state index < -0.39 is 0 Å². The molecular weight excluding hydrogens is 308 g/mol. The van der Waals surface area contributed by atoms with E-state index in [1.807, 2.05) is 23.8 Å². The van der Waals surface area contributed by atoms with E-state index in [0.29, 0.717) is 17.9 Å². The molecular formula is C16H18N6O2. The van der Waals surface area contributed by atoms with Crippen molar-refractivity contribution < 1.29 is 9.59 Å². The first-order valence-electron chi connectivity index (χ1n) is 7.47. The van der Waals surface area contributed by atoms with Crippen molar-refractivity contribution in [2.45, 2.75) is 33.2 Å². The molecule has 0 bridgehead atoms. The molecule has 0 unspecified atom stereocenters. The second-order valence-corrected chi connectivity index (χ2v) is 5.21. The fourth-order valence-electron chi connectivity index (χ4n) is 2.25. The molecule has 0 radical (unpaired) electrons. The first kappa shape index (κ1) is 17.2. The van der Waals surface area contributed by atoms with E-state index in [1.54, 1.807) is 6.33 Å². The third-order valence-corrected chi connectivity index (χ3v) is 3.34. The van der Waals surface area contributed by atoms with E-state index in [9.17, 15) is 0 Å². The minimum Gasteiger partial charge on any atom is -0.382 e. The van der Waals surface area contributed by atoms with E-state index in [4.69, 9.17) is 15.3 Å². The van der Waals surface area contributed by atoms with E-state index in [1.165, 1.54) is 0 Å². The van der Waals surface area contributed by atoms with E-state index >= 15 is 0 Å². The Balaban J connectivity index is 0.000000647. The lowest BCUT2D eigenvalue weighted by Crippen LogP contribution is -2.05. The van der Waals surface area contributed by atoms with Crippen LogP contribution in [0.25, 0.3) is 11.2 Å².